The van der Waals surface area contributed by atoms with Gasteiger partial charge in [-0.15, -0.1) is 0 Å². The van der Waals surface area contributed by atoms with Crippen LogP contribution in [0.2, 0.25) is 19.6 Å². The molecule has 3 nitrogen and oxygen atoms in total. The molecule has 11 heavy (non-hydrogen) atoms. The van der Waals surface area contributed by atoms with E-state index in [9.17, 15) is 0 Å². The molecule has 0 radical (unpaired) electrons. The molecule has 62 valence electrons. The Labute approximate surface area is 71.9 Å². The number of aromatic nitrogens is 2. The van der Waals surface area contributed by atoms with Crippen LogP contribution in [-0.2, 0) is 0 Å². The van der Waals surface area contributed by atoms with Crippen molar-refractivity contribution in [3.63, 3.8) is 0 Å². The lowest BCUT2D eigenvalue weighted by atomic mass is 10.9. The monoisotopic (exact) mass is 188 g/mol. The summed E-state index contributed by atoms with van der Waals surface area (Å²) < 4.78 is 6.22. The van der Waals surface area contributed by atoms with Crippen LogP contribution in [0.3, 0.4) is 0 Å². The largest absolute Gasteiger partial charge is 0.532 e. The van der Waals surface area contributed by atoms with E-state index in [1.54, 1.807) is 6.20 Å². The van der Waals surface area contributed by atoms with Crippen molar-refractivity contribution in [2.75, 3.05) is 0 Å². The summed E-state index contributed by atoms with van der Waals surface area (Å²) in [6, 6.07) is 0. The third-order valence-corrected chi connectivity index (χ3v) is 2.04. The van der Waals surface area contributed by atoms with Gasteiger partial charge in [0.05, 0.1) is 6.20 Å². The molecule has 2 N–H and O–H groups in total. The predicted octanol–water partition coefficient (Wildman–Crippen LogP) is 2.29. The fourth-order valence-corrected chi connectivity index (χ4v) is 1.63. The summed E-state index contributed by atoms with van der Waals surface area (Å²) in [5.74, 6) is 0.745. The maximum atomic E-state index is 5.61. The normalized spacial score (nSPS) is 11.5. The van der Waals surface area contributed by atoms with Crippen molar-refractivity contribution in [2.24, 2.45) is 0 Å². The van der Waals surface area contributed by atoms with E-state index in [-0.39, 0.29) is 0 Å². The van der Waals surface area contributed by atoms with Crippen LogP contribution in [0, 0.1) is 4.77 Å². The van der Waals surface area contributed by atoms with Gasteiger partial charge in [-0.3, -0.25) is 0 Å². The molecule has 5 heteroatoms. The van der Waals surface area contributed by atoms with Crippen molar-refractivity contribution < 1.29 is 4.43 Å². The first-order chi connectivity index (χ1) is 4.97. The molecule has 0 aromatic carbocycles. The highest BCUT2D eigenvalue weighted by atomic mass is 32.1. The topological polar surface area (TPSA) is 40.8 Å². The average Bonchev–Trinajstić information content (AvgIpc) is 2.10. The Morgan fingerprint density at radius 2 is 2.09 bits per heavy atom. The van der Waals surface area contributed by atoms with Gasteiger partial charge in [-0.2, -0.15) is 0 Å². The zero-order valence-electron chi connectivity index (χ0n) is 6.89. The van der Waals surface area contributed by atoms with Crippen molar-refractivity contribution in [3.8, 4) is 5.88 Å². The fraction of sp³-hybridized carbons (Fsp3) is 0.500. The van der Waals surface area contributed by atoms with E-state index in [2.05, 4.69) is 29.6 Å². The zero-order chi connectivity index (χ0) is 8.48. The van der Waals surface area contributed by atoms with Crippen LogP contribution in [0.15, 0.2) is 6.20 Å². The quantitative estimate of drug-likeness (QED) is 0.552. The Kier molecular flexibility index (Phi) is 2.19. The summed E-state index contributed by atoms with van der Waals surface area (Å²) in [6.45, 7) is 6.37. The smallest absolute Gasteiger partial charge is 0.244 e. The van der Waals surface area contributed by atoms with E-state index >= 15 is 0 Å². The van der Waals surface area contributed by atoms with E-state index in [0.29, 0.717) is 4.77 Å². The molecule has 0 aliphatic heterocycles. The van der Waals surface area contributed by atoms with Crippen molar-refractivity contribution in [1.82, 2.24) is 9.97 Å². The minimum atomic E-state index is -1.48. The Balaban J connectivity index is 2.73. The fourth-order valence-electron chi connectivity index (χ4n) is 0.700. The van der Waals surface area contributed by atoms with Crippen molar-refractivity contribution in [3.05, 3.63) is 11.0 Å². The Bertz CT molecular complexity index is 285. The number of imidazole rings is 1. The molecule has 1 heterocycles. The van der Waals surface area contributed by atoms with Crippen molar-refractivity contribution in [2.45, 2.75) is 19.6 Å². The van der Waals surface area contributed by atoms with Crippen LogP contribution in [0.1, 0.15) is 0 Å². The summed E-state index contributed by atoms with van der Waals surface area (Å²) in [5, 5.41) is 0. The molecule has 1 rings (SSSR count). The van der Waals surface area contributed by atoms with E-state index in [0.717, 1.165) is 5.88 Å². The molecule has 0 saturated heterocycles. The predicted molar refractivity (Wildman–Crippen MR) is 50.0 cm³/mol. The molecule has 0 aliphatic carbocycles. The van der Waals surface area contributed by atoms with Gasteiger partial charge in [-0.1, -0.05) is 0 Å². The highest BCUT2D eigenvalue weighted by molar-refractivity contribution is 7.71. The number of rotatable bonds is 2. The second-order valence-corrected chi connectivity index (χ2v) is 8.16. The lowest BCUT2D eigenvalue weighted by molar-refractivity contribution is 0.537. The summed E-state index contributed by atoms with van der Waals surface area (Å²) in [5.41, 5.74) is 0. The average molecular weight is 188 g/mol. The Morgan fingerprint density at radius 1 is 1.45 bits per heavy atom. The molecular weight excluding hydrogens is 176 g/mol. The van der Waals surface area contributed by atoms with Gasteiger partial charge < -0.3 is 14.4 Å². The second kappa shape index (κ2) is 2.82. The van der Waals surface area contributed by atoms with Gasteiger partial charge in [0.25, 0.3) is 0 Å². The number of aromatic amines is 2. The number of hydrogen-bond donors (Lipinski definition) is 2. The van der Waals surface area contributed by atoms with Gasteiger partial charge in [-0.05, 0) is 31.9 Å². The molecule has 0 amide bonds. The van der Waals surface area contributed by atoms with E-state index < -0.39 is 8.32 Å². The molecular formula is C6H12N2OSSi. The number of hydrogen-bond acceptors (Lipinski definition) is 2. The van der Waals surface area contributed by atoms with Crippen molar-refractivity contribution >= 4 is 20.5 Å². The maximum absolute atomic E-state index is 5.61. The van der Waals surface area contributed by atoms with Crippen LogP contribution in [-0.4, -0.2) is 18.3 Å². The second-order valence-electron chi connectivity index (χ2n) is 3.32. The van der Waals surface area contributed by atoms with Crippen LogP contribution in [0.25, 0.3) is 0 Å². The van der Waals surface area contributed by atoms with Crippen LogP contribution >= 0.6 is 12.2 Å². The third kappa shape index (κ3) is 2.90. The molecule has 0 unspecified atom stereocenters. The minimum Gasteiger partial charge on any atom is -0.532 e. The molecule has 0 atom stereocenters. The Morgan fingerprint density at radius 3 is 2.45 bits per heavy atom. The SMILES string of the molecule is C[Si](C)(C)Oc1c[nH]c(=S)[nH]1. The first-order valence-corrected chi connectivity index (χ1v) is 7.26. The third-order valence-electron chi connectivity index (χ3n) is 0.987. The van der Waals surface area contributed by atoms with Crippen molar-refractivity contribution in [1.29, 1.82) is 0 Å². The lowest BCUT2D eigenvalue weighted by Gasteiger charge is -2.16. The molecule has 1 aromatic rings. The molecule has 0 spiro atoms. The summed E-state index contributed by atoms with van der Waals surface area (Å²) in [6.07, 6.45) is 1.75. The standard InChI is InChI=1S/C6H12N2OSSi/c1-11(2,3)9-5-4-7-6(10)8-5/h4H,1-3H3,(H2,7,8,10). The van der Waals surface area contributed by atoms with Gasteiger partial charge in [0, 0.05) is 0 Å². The lowest BCUT2D eigenvalue weighted by Crippen LogP contribution is -2.29. The summed E-state index contributed by atoms with van der Waals surface area (Å²) in [7, 11) is -1.48. The summed E-state index contributed by atoms with van der Waals surface area (Å²) >= 11 is 4.85. The maximum Gasteiger partial charge on any atom is 0.244 e. The molecule has 0 fully saturated rings. The first kappa shape index (κ1) is 8.54. The van der Waals surface area contributed by atoms with E-state index in [1.807, 2.05) is 0 Å². The first-order valence-electron chi connectivity index (χ1n) is 3.44. The van der Waals surface area contributed by atoms with Crippen LogP contribution in [0.5, 0.6) is 5.88 Å². The molecule has 0 aliphatic rings. The van der Waals surface area contributed by atoms with E-state index in [1.165, 1.54) is 0 Å². The highest BCUT2D eigenvalue weighted by Crippen LogP contribution is 2.10. The Hall–Kier alpha value is -0.553. The number of H-pyrrole nitrogens is 2. The van der Waals surface area contributed by atoms with Gasteiger partial charge in [0.2, 0.25) is 8.32 Å². The van der Waals surface area contributed by atoms with Gasteiger partial charge >= 0.3 is 0 Å². The summed E-state index contributed by atoms with van der Waals surface area (Å²) in [4.78, 5) is 5.75. The molecule has 1 aromatic heterocycles. The molecule has 0 bridgehead atoms. The van der Waals surface area contributed by atoms with Crippen LogP contribution < -0.4 is 4.43 Å². The minimum absolute atomic E-state index is 0.609. The molecule has 0 saturated carbocycles. The van der Waals surface area contributed by atoms with Gasteiger partial charge in [-0.25, -0.2) is 0 Å². The van der Waals surface area contributed by atoms with Crippen LogP contribution in [0.4, 0.5) is 0 Å². The zero-order valence-corrected chi connectivity index (χ0v) is 8.71. The number of nitrogens with one attached hydrogen (secondary N) is 2. The van der Waals surface area contributed by atoms with Gasteiger partial charge in [0.1, 0.15) is 0 Å². The highest BCUT2D eigenvalue weighted by Gasteiger charge is 2.16. The van der Waals surface area contributed by atoms with Gasteiger partial charge in [0.15, 0.2) is 10.7 Å². The van der Waals surface area contributed by atoms with E-state index in [4.69, 9.17) is 16.6 Å².